The van der Waals surface area contributed by atoms with E-state index in [1.54, 1.807) is 19.2 Å². The van der Waals surface area contributed by atoms with Crippen LogP contribution in [0.5, 0.6) is 0 Å². The molecule has 0 radical (unpaired) electrons. The predicted molar refractivity (Wildman–Crippen MR) is 99.2 cm³/mol. The normalized spacial score (nSPS) is 16.8. The molecule has 27 heavy (non-hydrogen) atoms. The van der Waals surface area contributed by atoms with Gasteiger partial charge < -0.3 is 10.6 Å². The van der Waals surface area contributed by atoms with Crippen LogP contribution < -0.4 is 10.6 Å². The maximum absolute atomic E-state index is 12.4. The summed E-state index contributed by atoms with van der Waals surface area (Å²) < 4.78 is 37.2. The van der Waals surface area contributed by atoms with Gasteiger partial charge in [0.15, 0.2) is 5.96 Å². The molecule has 8 heteroatoms. The highest BCUT2D eigenvalue weighted by molar-refractivity contribution is 5.79. The fourth-order valence-electron chi connectivity index (χ4n) is 3.18. The highest BCUT2D eigenvalue weighted by Gasteiger charge is 2.32. The number of nitrogens with one attached hydrogen (secondary N) is 2. The molecule has 2 rings (SSSR count). The topological polar surface area (TPSA) is 63.5 Å². The molecule has 2 N–H and O–H groups in total. The van der Waals surface area contributed by atoms with E-state index in [4.69, 9.17) is 5.26 Å². The van der Waals surface area contributed by atoms with Gasteiger partial charge in [0.25, 0.3) is 0 Å². The lowest BCUT2D eigenvalue weighted by Gasteiger charge is -2.32. The number of piperidine rings is 1. The van der Waals surface area contributed by atoms with E-state index in [1.807, 2.05) is 12.1 Å². The molecule has 0 amide bonds. The van der Waals surface area contributed by atoms with Crippen molar-refractivity contribution >= 4 is 5.96 Å². The summed E-state index contributed by atoms with van der Waals surface area (Å²) in [5, 5.41) is 15.3. The van der Waals surface area contributed by atoms with Crippen molar-refractivity contribution in [2.45, 2.75) is 32.0 Å². The average Bonchev–Trinajstić information content (AvgIpc) is 2.65. The molecule has 1 heterocycles. The Bertz CT molecular complexity index is 641. The van der Waals surface area contributed by atoms with Crippen LogP contribution in [0.4, 0.5) is 13.2 Å². The number of alkyl halides is 3. The Morgan fingerprint density at radius 3 is 2.44 bits per heavy atom. The van der Waals surface area contributed by atoms with E-state index < -0.39 is 12.7 Å². The second-order valence-electron chi connectivity index (χ2n) is 6.78. The first-order chi connectivity index (χ1) is 12.9. The number of aliphatic imine (C=N–C) groups is 1. The lowest BCUT2D eigenvalue weighted by molar-refractivity contribution is -0.148. The second-order valence-corrected chi connectivity index (χ2v) is 6.78. The maximum Gasteiger partial charge on any atom is 0.401 e. The first kappa shape index (κ1) is 21.0. The van der Waals surface area contributed by atoms with Crippen LogP contribution in [0.25, 0.3) is 0 Å². The number of hydrogen-bond donors (Lipinski definition) is 2. The molecule has 5 nitrogen and oxygen atoms in total. The molecule has 1 aliphatic rings. The third kappa shape index (κ3) is 7.87. The van der Waals surface area contributed by atoms with Gasteiger partial charge in [0, 0.05) is 20.1 Å². The van der Waals surface area contributed by atoms with Crippen LogP contribution in [-0.4, -0.2) is 50.3 Å². The third-order valence-corrected chi connectivity index (χ3v) is 4.72. The fourth-order valence-corrected chi connectivity index (χ4v) is 3.18. The Hall–Kier alpha value is -2.27. The van der Waals surface area contributed by atoms with E-state index in [0.717, 1.165) is 31.4 Å². The van der Waals surface area contributed by atoms with Crippen molar-refractivity contribution in [2.24, 2.45) is 10.9 Å². The molecule has 0 bridgehead atoms. The highest BCUT2D eigenvalue weighted by Crippen LogP contribution is 2.23. The van der Waals surface area contributed by atoms with Crippen LogP contribution in [0.15, 0.2) is 29.3 Å². The van der Waals surface area contributed by atoms with Crippen LogP contribution in [0.1, 0.15) is 30.4 Å². The molecular weight excluding hydrogens is 355 g/mol. The van der Waals surface area contributed by atoms with E-state index in [-0.39, 0.29) is 0 Å². The lowest BCUT2D eigenvalue weighted by atomic mass is 9.93. The molecule has 1 aliphatic heterocycles. The Morgan fingerprint density at radius 2 is 1.89 bits per heavy atom. The van der Waals surface area contributed by atoms with Gasteiger partial charge in [-0.25, -0.2) is 0 Å². The van der Waals surface area contributed by atoms with Gasteiger partial charge in [-0.05, 0) is 56.0 Å². The first-order valence-corrected chi connectivity index (χ1v) is 9.12. The van der Waals surface area contributed by atoms with Gasteiger partial charge >= 0.3 is 6.18 Å². The van der Waals surface area contributed by atoms with Crippen molar-refractivity contribution < 1.29 is 13.2 Å². The van der Waals surface area contributed by atoms with Gasteiger partial charge in [0.05, 0.1) is 18.2 Å². The maximum atomic E-state index is 12.4. The molecule has 0 atom stereocenters. The number of hydrogen-bond acceptors (Lipinski definition) is 3. The zero-order chi connectivity index (χ0) is 19.7. The summed E-state index contributed by atoms with van der Waals surface area (Å²) in [5.41, 5.74) is 1.68. The summed E-state index contributed by atoms with van der Waals surface area (Å²) >= 11 is 0. The molecule has 148 valence electrons. The van der Waals surface area contributed by atoms with Gasteiger partial charge in [-0.15, -0.1) is 0 Å². The van der Waals surface area contributed by atoms with E-state index in [1.165, 1.54) is 4.90 Å². The Kier molecular flexibility index (Phi) is 7.92. The number of nitrogens with zero attached hydrogens (tertiary/aromatic N) is 3. The van der Waals surface area contributed by atoms with E-state index in [2.05, 4.69) is 21.7 Å². The highest BCUT2D eigenvalue weighted by atomic mass is 19.4. The number of guanidine groups is 1. The van der Waals surface area contributed by atoms with Crippen LogP contribution >= 0.6 is 0 Å². The average molecular weight is 381 g/mol. The zero-order valence-electron chi connectivity index (χ0n) is 15.5. The third-order valence-electron chi connectivity index (χ3n) is 4.72. The van der Waals surface area contributed by atoms with Crippen molar-refractivity contribution in [3.05, 3.63) is 35.4 Å². The largest absolute Gasteiger partial charge is 0.401 e. The number of halogens is 3. The van der Waals surface area contributed by atoms with Crippen molar-refractivity contribution in [1.29, 1.82) is 5.26 Å². The van der Waals surface area contributed by atoms with E-state index in [9.17, 15) is 13.2 Å². The Labute approximate surface area is 158 Å². The SMILES string of the molecule is CN=C(NCCC1CCN(CC(F)(F)F)CC1)NCc1ccc(C#N)cc1. The number of benzene rings is 1. The number of nitriles is 1. The van der Waals surface area contributed by atoms with Crippen LogP contribution in [-0.2, 0) is 6.54 Å². The fraction of sp³-hybridized carbons (Fsp3) is 0.579. The minimum Gasteiger partial charge on any atom is -0.356 e. The van der Waals surface area contributed by atoms with Gasteiger partial charge in [0.2, 0.25) is 0 Å². The minimum atomic E-state index is -4.11. The molecule has 0 unspecified atom stereocenters. The smallest absolute Gasteiger partial charge is 0.356 e. The minimum absolute atomic E-state index is 0.443. The summed E-state index contributed by atoms with van der Waals surface area (Å²) in [6, 6.07) is 9.43. The Morgan fingerprint density at radius 1 is 1.22 bits per heavy atom. The van der Waals surface area contributed by atoms with Crippen LogP contribution in [0, 0.1) is 17.2 Å². The Balaban J connectivity index is 1.64. The molecule has 0 aromatic heterocycles. The molecular formula is C19H26F3N5. The van der Waals surface area contributed by atoms with Gasteiger partial charge in [-0.1, -0.05) is 12.1 Å². The molecule has 1 fully saturated rings. The zero-order valence-corrected chi connectivity index (χ0v) is 15.5. The van der Waals surface area contributed by atoms with E-state index in [0.29, 0.717) is 37.1 Å². The van der Waals surface area contributed by atoms with Gasteiger partial charge in [-0.2, -0.15) is 18.4 Å². The molecule has 1 aromatic rings. The summed E-state index contributed by atoms with van der Waals surface area (Å²) in [6.07, 6.45) is -1.59. The van der Waals surface area contributed by atoms with Crippen LogP contribution in [0.3, 0.4) is 0 Å². The van der Waals surface area contributed by atoms with E-state index >= 15 is 0 Å². The monoisotopic (exact) mass is 381 g/mol. The van der Waals surface area contributed by atoms with Crippen molar-refractivity contribution in [3.8, 4) is 6.07 Å². The van der Waals surface area contributed by atoms with Crippen molar-refractivity contribution in [2.75, 3.05) is 33.2 Å². The first-order valence-electron chi connectivity index (χ1n) is 9.12. The second kappa shape index (κ2) is 10.2. The summed E-state index contributed by atoms with van der Waals surface area (Å²) in [7, 11) is 1.70. The van der Waals surface area contributed by atoms with Gasteiger partial charge in [0.1, 0.15) is 0 Å². The molecule has 0 saturated carbocycles. The quantitative estimate of drug-likeness (QED) is 0.588. The lowest BCUT2D eigenvalue weighted by Crippen LogP contribution is -2.41. The summed E-state index contributed by atoms with van der Waals surface area (Å²) in [6.45, 7) is 1.55. The predicted octanol–water partition coefficient (Wildman–Crippen LogP) is 2.89. The summed E-state index contributed by atoms with van der Waals surface area (Å²) in [4.78, 5) is 5.67. The molecule has 1 aromatic carbocycles. The van der Waals surface area contributed by atoms with Crippen LogP contribution in [0.2, 0.25) is 0 Å². The van der Waals surface area contributed by atoms with Crippen molar-refractivity contribution in [1.82, 2.24) is 15.5 Å². The number of rotatable bonds is 6. The van der Waals surface area contributed by atoms with Crippen molar-refractivity contribution in [3.63, 3.8) is 0 Å². The number of likely N-dealkylation sites (tertiary alicyclic amines) is 1. The molecule has 1 saturated heterocycles. The van der Waals surface area contributed by atoms with Gasteiger partial charge in [-0.3, -0.25) is 9.89 Å². The molecule has 0 aliphatic carbocycles. The standard InChI is InChI=1S/C19H26F3N5/c1-24-18(26-13-17-4-2-16(12-23)3-5-17)25-9-6-15-7-10-27(11-8-15)14-19(20,21)22/h2-5,15H,6-11,13-14H2,1H3,(H2,24,25,26). The summed E-state index contributed by atoms with van der Waals surface area (Å²) in [5.74, 6) is 1.13. The molecule has 0 spiro atoms.